The van der Waals surface area contributed by atoms with Gasteiger partial charge in [0.05, 0.1) is 6.54 Å². The lowest BCUT2D eigenvalue weighted by Crippen LogP contribution is -2.49. The molecule has 1 fully saturated rings. The van der Waals surface area contributed by atoms with Crippen molar-refractivity contribution in [2.24, 2.45) is 5.92 Å². The maximum Gasteiger partial charge on any atom is 0.287 e. The number of carbonyl (C=O) groups excluding carboxylic acids is 3. The molecule has 0 aromatic carbocycles. The Morgan fingerprint density at radius 3 is 2.42 bits per heavy atom. The first-order valence-corrected chi connectivity index (χ1v) is 9.85. The van der Waals surface area contributed by atoms with E-state index in [1.54, 1.807) is 6.07 Å². The van der Waals surface area contributed by atoms with E-state index in [4.69, 9.17) is 4.42 Å². The van der Waals surface area contributed by atoms with Gasteiger partial charge in [0, 0.05) is 25.0 Å². The number of hydrogen-bond acceptors (Lipinski definition) is 4. The van der Waals surface area contributed by atoms with Crippen LogP contribution in [0.25, 0.3) is 0 Å². The summed E-state index contributed by atoms with van der Waals surface area (Å²) in [6.07, 6.45) is 3.18. The third-order valence-electron chi connectivity index (χ3n) is 4.71. The van der Waals surface area contributed by atoms with E-state index in [1.165, 1.54) is 6.07 Å². The third kappa shape index (κ3) is 5.59. The molecule has 1 aliphatic heterocycles. The van der Waals surface area contributed by atoms with Crippen molar-refractivity contribution in [3.05, 3.63) is 22.6 Å². The summed E-state index contributed by atoms with van der Waals surface area (Å²) in [7, 11) is 0. The smallest absolute Gasteiger partial charge is 0.287 e. The van der Waals surface area contributed by atoms with Crippen LogP contribution < -0.4 is 10.6 Å². The topological polar surface area (TPSA) is 91.7 Å². The summed E-state index contributed by atoms with van der Waals surface area (Å²) in [6.45, 7) is 5.29. The van der Waals surface area contributed by atoms with Gasteiger partial charge in [0.1, 0.15) is 0 Å². The molecule has 0 spiro atoms. The normalized spacial score (nSPS) is 15.2. The predicted molar refractivity (Wildman–Crippen MR) is 101 cm³/mol. The van der Waals surface area contributed by atoms with E-state index in [9.17, 15) is 14.4 Å². The molecule has 2 heterocycles. The summed E-state index contributed by atoms with van der Waals surface area (Å²) < 4.78 is 5.59. The Kier molecular flexibility index (Phi) is 7.68. The van der Waals surface area contributed by atoms with Gasteiger partial charge in [0.15, 0.2) is 10.4 Å². The van der Waals surface area contributed by atoms with Gasteiger partial charge in [0.25, 0.3) is 5.91 Å². The van der Waals surface area contributed by atoms with Crippen molar-refractivity contribution in [2.45, 2.75) is 45.6 Å². The zero-order valence-electron chi connectivity index (χ0n) is 15.2. The summed E-state index contributed by atoms with van der Waals surface area (Å²) in [4.78, 5) is 38.1. The fourth-order valence-corrected chi connectivity index (χ4v) is 3.41. The van der Waals surface area contributed by atoms with Crippen LogP contribution in [0.2, 0.25) is 0 Å². The fourth-order valence-electron chi connectivity index (χ4n) is 3.10. The number of amides is 3. The Hall–Kier alpha value is -1.83. The SMILES string of the molecule is CCC(CC)C(=O)N1CCC(NC(=O)CNC(=O)c2ccc(Br)o2)CC1. The minimum atomic E-state index is -0.434. The minimum absolute atomic E-state index is 0.0305. The Labute approximate surface area is 162 Å². The average molecular weight is 428 g/mol. The largest absolute Gasteiger partial charge is 0.444 e. The van der Waals surface area contributed by atoms with Gasteiger partial charge in [-0.15, -0.1) is 0 Å². The molecule has 2 rings (SSSR count). The van der Waals surface area contributed by atoms with Crippen molar-refractivity contribution in [2.75, 3.05) is 19.6 Å². The zero-order chi connectivity index (χ0) is 19.1. The highest BCUT2D eigenvalue weighted by molar-refractivity contribution is 9.10. The second-order valence-electron chi connectivity index (χ2n) is 6.47. The molecule has 0 atom stereocenters. The first-order valence-electron chi connectivity index (χ1n) is 9.06. The monoisotopic (exact) mass is 427 g/mol. The molecule has 1 aromatic heterocycles. The number of hydrogen-bond donors (Lipinski definition) is 2. The number of halogens is 1. The van der Waals surface area contributed by atoms with Gasteiger partial charge in [-0.3, -0.25) is 14.4 Å². The van der Waals surface area contributed by atoms with E-state index in [-0.39, 0.29) is 36.1 Å². The molecule has 8 heteroatoms. The summed E-state index contributed by atoms with van der Waals surface area (Å²) >= 11 is 3.13. The van der Waals surface area contributed by atoms with Crippen molar-refractivity contribution in [1.29, 1.82) is 0 Å². The summed E-state index contributed by atoms with van der Waals surface area (Å²) in [5.74, 6) is -0.210. The molecule has 1 aliphatic rings. The summed E-state index contributed by atoms with van der Waals surface area (Å²) in [5.41, 5.74) is 0. The predicted octanol–water partition coefficient (Wildman–Crippen LogP) is 2.32. The quantitative estimate of drug-likeness (QED) is 0.698. The maximum absolute atomic E-state index is 12.4. The molecule has 0 radical (unpaired) electrons. The van der Waals surface area contributed by atoms with Gasteiger partial charge in [-0.05, 0) is 53.7 Å². The average Bonchev–Trinajstić information content (AvgIpc) is 3.08. The minimum Gasteiger partial charge on any atom is -0.444 e. The lowest BCUT2D eigenvalue weighted by molar-refractivity contribution is -0.137. The van der Waals surface area contributed by atoms with Crippen LogP contribution in [0.1, 0.15) is 50.1 Å². The highest BCUT2D eigenvalue weighted by Gasteiger charge is 2.27. The first-order chi connectivity index (χ1) is 12.4. The number of likely N-dealkylation sites (tertiary alicyclic amines) is 1. The van der Waals surface area contributed by atoms with Crippen LogP contribution in [-0.4, -0.2) is 48.3 Å². The summed E-state index contributed by atoms with van der Waals surface area (Å²) in [5, 5.41) is 5.44. The second-order valence-corrected chi connectivity index (χ2v) is 7.25. The standard InChI is InChI=1S/C18H26BrN3O4/c1-3-12(4-2)18(25)22-9-7-13(8-10-22)21-16(23)11-20-17(24)14-5-6-15(19)26-14/h5-6,12-13H,3-4,7-11H2,1-2H3,(H,20,24)(H,21,23). The molecule has 144 valence electrons. The van der Waals surface area contributed by atoms with Crippen molar-refractivity contribution in [3.8, 4) is 0 Å². The van der Waals surface area contributed by atoms with Gasteiger partial charge in [-0.2, -0.15) is 0 Å². The van der Waals surface area contributed by atoms with Gasteiger partial charge in [-0.25, -0.2) is 0 Å². The van der Waals surface area contributed by atoms with Crippen LogP contribution in [0, 0.1) is 5.92 Å². The molecular weight excluding hydrogens is 402 g/mol. The highest BCUT2D eigenvalue weighted by Crippen LogP contribution is 2.17. The van der Waals surface area contributed by atoms with E-state index >= 15 is 0 Å². The van der Waals surface area contributed by atoms with Gasteiger partial charge in [-0.1, -0.05) is 13.8 Å². The van der Waals surface area contributed by atoms with Crippen molar-refractivity contribution in [1.82, 2.24) is 15.5 Å². The second kappa shape index (κ2) is 9.75. The zero-order valence-corrected chi connectivity index (χ0v) is 16.8. The van der Waals surface area contributed by atoms with Crippen LogP contribution in [-0.2, 0) is 9.59 Å². The Morgan fingerprint density at radius 2 is 1.88 bits per heavy atom. The van der Waals surface area contributed by atoms with Gasteiger partial charge in [0.2, 0.25) is 11.8 Å². The molecule has 26 heavy (non-hydrogen) atoms. The van der Waals surface area contributed by atoms with Crippen molar-refractivity contribution < 1.29 is 18.8 Å². The molecule has 7 nitrogen and oxygen atoms in total. The van der Waals surface area contributed by atoms with Gasteiger partial charge >= 0.3 is 0 Å². The number of nitrogens with one attached hydrogen (secondary N) is 2. The van der Waals surface area contributed by atoms with Crippen molar-refractivity contribution >= 4 is 33.7 Å². The Bertz CT molecular complexity index is 634. The molecule has 3 amide bonds. The molecule has 0 aliphatic carbocycles. The molecule has 1 aromatic rings. The molecule has 2 N–H and O–H groups in total. The molecular formula is C18H26BrN3O4. The fraction of sp³-hybridized carbons (Fsp3) is 0.611. The van der Waals surface area contributed by atoms with E-state index < -0.39 is 5.91 Å². The number of furan rings is 1. The molecule has 0 bridgehead atoms. The lowest BCUT2D eigenvalue weighted by atomic mass is 9.98. The van der Waals surface area contributed by atoms with E-state index in [0.29, 0.717) is 17.8 Å². The van der Waals surface area contributed by atoms with Gasteiger partial charge < -0.3 is 20.0 Å². The first kappa shape index (κ1) is 20.5. The Morgan fingerprint density at radius 1 is 1.23 bits per heavy atom. The van der Waals surface area contributed by atoms with Crippen LogP contribution in [0.3, 0.4) is 0 Å². The van der Waals surface area contributed by atoms with Crippen LogP contribution in [0.5, 0.6) is 0 Å². The van der Waals surface area contributed by atoms with Crippen LogP contribution in [0.4, 0.5) is 0 Å². The molecule has 1 saturated heterocycles. The van der Waals surface area contributed by atoms with E-state index in [1.807, 2.05) is 18.7 Å². The highest BCUT2D eigenvalue weighted by atomic mass is 79.9. The van der Waals surface area contributed by atoms with Crippen molar-refractivity contribution in [3.63, 3.8) is 0 Å². The van der Waals surface area contributed by atoms with E-state index in [0.717, 1.165) is 25.7 Å². The number of rotatable bonds is 7. The van der Waals surface area contributed by atoms with Crippen LogP contribution >= 0.6 is 15.9 Å². The van der Waals surface area contributed by atoms with E-state index in [2.05, 4.69) is 26.6 Å². The maximum atomic E-state index is 12.4. The number of piperidine rings is 1. The van der Waals surface area contributed by atoms with Crippen LogP contribution in [0.15, 0.2) is 21.2 Å². The summed E-state index contributed by atoms with van der Waals surface area (Å²) in [6, 6.07) is 3.18. The number of carbonyl (C=O) groups is 3. The third-order valence-corrected chi connectivity index (χ3v) is 5.14. The molecule has 0 unspecified atom stereocenters. The molecule has 0 saturated carbocycles. The Balaban J connectivity index is 1.71. The lowest BCUT2D eigenvalue weighted by Gasteiger charge is -2.34. The number of nitrogens with zero attached hydrogens (tertiary/aromatic N) is 1.